The first kappa shape index (κ1) is 19.2. The summed E-state index contributed by atoms with van der Waals surface area (Å²) in [5, 5.41) is 9.57. The SMILES string of the molecule is CCCCCCCC/C=C/CCCC(O)CC(=O)OC. The van der Waals surface area contributed by atoms with Gasteiger partial charge in [0.15, 0.2) is 0 Å². The van der Waals surface area contributed by atoms with Crippen LogP contribution in [0.4, 0.5) is 0 Å². The monoisotopic (exact) mass is 284 g/mol. The van der Waals surface area contributed by atoms with Crippen molar-refractivity contribution in [2.75, 3.05) is 7.11 Å². The number of allylic oxidation sites excluding steroid dienone is 2. The van der Waals surface area contributed by atoms with Crippen LogP contribution in [0.2, 0.25) is 0 Å². The molecule has 0 spiro atoms. The van der Waals surface area contributed by atoms with Crippen LogP contribution in [0.3, 0.4) is 0 Å². The van der Waals surface area contributed by atoms with E-state index in [-0.39, 0.29) is 12.4 Å². The highest BCUT2D eigenvalue weighted by molar-refractivity contribution is 5.69. The molecule has 1 atom stereocenters. The molecule has 0 amide bonds. The number of esters is 1. The Morgan fingerprint density at radius 1 is 1.05 bits per heavy atom. The molecule has 0 aliphatic rings. The molecule has 0 fully saturated rings. The Hall–Kier alpha value is -0.830. The molecule has 118 valence electrons. The third-order valence-corrected chi connectivity index (χ3v) is 3.43. The average Bonchev–Trinajstić information content (AvgIpc) is 2.44. The van der Waals surface area contributed by atoms with E-state index in [1.54, 1.807) is 0 Å². The standard InChI is InChI=1S/C17H32O3/c1-3-4-5-6-7-8-9-10-11-12-13-14-16(18)15-17(19)20-2/h10-11,16,18H,3-9,12-15H2,1-2H3/b11-10+. The van der Waals surface area contributed by atoms with Crippen LogP contribution in [0.1, 0.15) is 77.6 Å². The summed E-state index contributed by atoms with van der Waals surface area (Å²) in [4.78, 5) is 10.9. The number of hydrogen-bond acceptors (Lipinski definition) is 3. The van der Waals surface area contributed by atoms with E-state index >= 15 is 0 Å². The second-order valence-electron chi connectivity index (χ2n) is 5.39. The van der Waals surface area contributed by atoms with Gasteiger partial charge >= 0.3 is 5.97 Å². The third kappa shape index (κ3) is 13.6. The summed E-state index contributed by atoms with van der Waals surface area (Å²) in [6.07, 6.45) is 15.7. The fourth-order valence-corrected chi connectivity index (χ4v) is 2.13. The molecule has 0 heterocycles. The third-order valence-electron chi connectivity index (χ3n) is 3.43. The Kier molecular flexibility index (Phi) is 14.0. The maximum Gasteiger partial charge on any atom is 0.308 e. The van der Waals surface area contributed by atoms with Crippen molar-refractivity contribution in [2.45, 2.75) is 83.7 Å². The first-order chi connectivity index (χ1) is 9.70. The second kappa shape index (κ2) is 14.6. The Morgan fingerprint density at radius 2 is 1.65 bits per heavy atom. The van der Waals surface area contributed by atoms with Gasteiger partial charge in [-0.05, 0) is 32.1 Å². The number of ether oxygens (including phenoxy) is 1. The number of methoxy groups -OCH3 is 1. The van der Waals surface area contributed by atoms with E-state index in [4.69, 9.17) is 0 Å². The summed E-state index contributed by atoms with van der Waals surface area (Å²) in [5.41, 5.74) is 0. The molecule has 0 radical (unpaired) electrons. The Bertz CT molecular complexity index is 249. The fraction of sp³-hybridized carbons (Fsp3) is 0.824. The molecule has 0 bridgehead atoms. The van der Waals surface area contributed by atoms with Crippen molar-refractivity contribution < 1.29 is 14.6 Å². The summed E-state index contributed by atoms with van der Waals surface area (Å²) in [5.74, 6) is -0.337. The van der Waals surface area contributed by atoms with E-state index in [0.29, 0.717) is 6.42 Å². The van der Waals surface area contributed by atoms with Gasteiger partial charge < -0.3 is 9.84 Å². The first-order valence-electron chi connectivity index (χ1n) is 8.10. The second-order valence-corrected chi connectivity index (χ2v) is 5.39. The zero-order chi connectivity index (χ0) is 15.1. The Labute approximate surface area is 124 Å². The molecule has 0 aromatic rings. The summed E-state index contributed by atoms with van der Waals surface area (Å²) in [6.45, 7) is 2.24. The minimum absolute atomic E-state index is 0.109. The highest BCUT2D eigenvalue weighted by Gasteiger charge is 2.09. The van der Waals surface area contributed by atoms with Crippen LogP contribution >= 0.6 is 0 Å². The number of carbonyl (C=O) groups is 1. The van der Waals surface area contributed by atoms with Gasteiger partial charge in [-0.2, -0.15) is 0 Å². The molecule has 0 saturated carbocycles. The minimum Gasteiger partial charge on any atom is -0.469 e. The summed E-state index contributed by atoms with van der Waals surface area (Å²) >= 11 is 0. The molecule has 3 nitrogen and oxygen atoms in total. The van der Waals surface area contributed by atoms with E-state index in [9.17, 15) is 9.90 Å². The molecular formula is C17H32O3. The van der Waals surface area contributed by atoms with E-state index in [1.807, 2.05) is 0 Å². The van der Waals surface area contributed by atoms with E-state index in [1.165, 1.54) is 45.6 Å². The van der Waals surface area contributed by atoms with Crippen LogP contribution < -0.4 is 0 Å². The predicted molar refractivity (Wildman–Crippen MR) is 83.6 cm³/mol. The van der Waals surface area contributed by atoms with Crippen LogP contribution in [0.25, 0.3) is 0 Å². The maximum atomic E-state index is 10.9. The van der Waals surface area contributed by atoms with E-state index in [0.717, 1.165) is 19.3 Å². The van der Waals surface area contributed by atoms with Crippen molar-refractivity contribution in [1.29, 1.82) is 0 Å². The van der Waals surface area contributed by atoms with Crippen molar-refractivity contribution in [2.24, 2.45) is 0 Å². The summed E-state index contributed by atoms with van der Waals surface area (Å²) in [7, 11) is 1.35. The Morgan fingerprint density at radius 3 is 2.30 bits per heavy atom. The number of hydrogen-bond donors (Lipinski definition) is 1. The number of unbranched alkanes of at least 4 members (excludes halogenated alkanes) is 7. The maximum absolute atomic E-state index is 10.9. The minimum atomic E-state index is -0.561. The van der Waals surface area contributed by atoms with Gasteiger partial charge in [0.2, 0.25) is 0 Å². The van der Waals surface area contributed by atoms with Crippen LogP contribution in [0.5, 0.6) is 0 Å². The predicted octanol–water partition coefficient (Wildman–Crippen LogP) is 4.39. The molecule has 0 aromatic heterocycles. The first-order valence-corrected chi connectivity index (χ1v) is 8.10. The number of carbonyl (C=O) groups excluding carboxylic acids is 1. The van der Waals surface area contributed by atoms with Crippen molar-refractivity contribution >= 4 is 5.97 Å². The highest BCUT2D eigenvalue weighted by Crippen LogP contribution is 2.09. The van der Waals surface area contributed by atoms with Gasteiger partial charge in [0.1, 0.15) is 0 Å². The van der Waals surface area contributed by atoms with E-state index < -0.39 is 6.10 Å². The van der Waals surface area contributed by atoms with Crippen LogP contribution in [0, 0.1) is 0 Å². The lowest BCUT2D eigenvalue weighted by molar-refractivity contribution is -0.142. The zero-order valence-corrected chi connectivity index (χ0v) is 13.3. The topological polar surface area (TPSA) is 46.5 Å². The van der Waals surface area contributed by atoms with Crippen molar-refractivity contribution in [3.8, 4) is 0 Å². The highest BCUT2D eigenvalue weighted by atomic mass is 16.5. The van der Waals surface area contributed by atoms with Crippen molar-refractivity contribution in [3.63, 3.8) is 0 Å². The molecule has 3 heteroatoms. The molecule has 20 heavy (non-hydrogen) atoms. The largest absolute Gasteiger partial charge is 0.469 e. The number of aliphatic hydroxyl groups is 1. The van der Waals surface area contributed by atoms with Gasteiger partial charge in [-0.3, -0.25) is 4.79 Å². The molecule has 0 aliphatic carbocycles. The quantitative estimate of drug-likeness (QED) is 0.310. The van der Waals surface area contributed by atoms with Crippen LogP contribution in [0.15, 0.2) is 12.2 Å². The fourth-order valence-electron chi connectivity index (χ4n) is 2.13. The van der Waals surface area contributed by atoms with Gasteiger partial charge in [0.05, 0.1) is 19.6 Å². The molecule has 1 N–H and O–H groups in total. The summed E-state index contributed by atoms with van der Waals surface area (Å²) in [6, 6.07) is 0. The van der Waals surface area contributed by atoms with Crippen molar-refractivity contribution in [1.82, 2.24) is 0 Å². The number of aliphatic hydroxyl groups excluding tert-OH is 1. The van der Waals surface area contributed by atoms with Crippen LogP contribution in [-0.4, -0.2) is 24.3 Å². The van der Waals surface area contributed by atoms with E-state index in [2.05, 4.69) is 23.8 Å². The molecule has 1 unspecified atom stereocenters. The smallest absolute Gasteiger partial charge is 0.308 e. The lowest BCUT2D eigenvalue weighted by atomic mass is 10.1. The molecule has 0 saturated heterocycles. The van der Waals surface area contributed by atoms with Crippen LogP contribution in [-0.2, 0) is 9.53 Å². The zero-order valence-electron chi connectivity index (χ0n) is 13.3. The average molecular weight is 284 g/mol. The van der Waals surface area contributed by atoms with Gasteiger partial charge in [-0.15, -0.1) is 0 Å². The summed E-state index contributed by atoms with van der Waals surface area (Å²) < 4.78 is 4.51. The van der Waals surface area contributed by atoms with Crippen molar-refractivity contribution in [3.05, 3.63) is 12.2 Å². The van der Waals surface area contributed by atoms with Gasteiger partial charge in [-0.1, -0.05) is 51.2 Å². The molecular weight excluding hydrogens is 252 g/mol. The lowest BCUT2D eigenvalue weighted by Crippen LogP contribution is -2.14. The molecule has 0 rings (SSSR count). The molecule has 0 aliphatic heterocycles. The molecule has 0 aromatic carbocycles. The Balaban J connectivity index is 3.29. The van der Waals surface area contributed by atoms with Gasteiger partial charge in [0, 0.05) is 0 Å². The van der Waals surface area contributed by atoms with Gasteiger partial charge in [-0.25, -0.2) is 0 Å². The van der Waals surface area contributed by atoms with Gasteiger partial charge in [0.25, 0.3) is 0 Å². The normalized spacial score (nSPS) is 12.8. The number of rotatable bonds is 13. The lowest BCUT2D eigenvalue weighted by Gasteiger charge is -2.07.